The number of aromatic carboxylic acids is 1. The van der Waals surface area contributed by atoms with Crippen LogP contribution in [0.15, 0.2) is 81.8 Å². The number of aromatic amines is 1. The molecule has 0 saturated heterocycles. The maximum atomic E-state index is 13.1. The van der Waals surface area contributed by atoms with Crippen molar-refractivity contribution in [2.45, 2.75) is 11.9 Å². The number of azo groups is 1. The van der Waals surface area contributed by atoms with Gasteiger partial charge in [-0.25, -0.2) is 9.48 Å². The molecule has 4 rings (SSSR count). The van der Waals surface area contributed by atoms with Crippen LogP contribution in [0.25, 0.3) is 16.8 Å². The standard InChI is InChI=1S/C25H19F3N4O4S/c1-37-13-20-21(23(34)32(31-20)17-10-8-16(9-11-17)25(26,27)28)30-29-19-7-3-6-18(22(19)33)14-4-2-5-15(12-14)24(35)36/h2-12,31,33H,13H2,1H3,(H,35,36). The van der Waals surface area contributed by atoms with Gasteiger partial charge >= 0.3 is 12.1 Å². The van der Waals surface area contributed by atoms with E-state index >= 15 is 0 Å². The molecule has 1 aromatic heterocycles. The molecule has 0 bridgehead atoms. The summed E-state index contributed by atoms with van der Waals surface area (Å²) in [5, 5.41) is 31.0. The van der Waals surface area contributed by atoms with E-state index in [0.717, 1.165) is 16.8 Å². The third kappa shape index (κ3) is 5.43. The van der Waals surface area contributed by atoms with E-state index in [-0.39, 0.29) is 28.4 Å². The van der Waals surface area contributed by atoms with Crippen molar-refractivity contribution >= 4 is 29.1 Å². The van der Waals surface area contributed by atoms with Crippen LogP contribution in [0.5, 0.6) is 5.75 Å². The Morgan fingerprint density at radius 3 is 2.41 bits per heavy atom. The molecule has 0 radical (unpaired) electrons. The van der Waals surface area contributed by atoms with Gasteiger partial charge in [0, 0.05) is 11.3 Å². The summed E-state index contributed by atoms with van der Waals surface area (Å²) in [6, 6.07) is 14.8. The first-order valence-corrected chi connectivity index (χ1v) is 12.1. The van der Waals surface area contributed by atoms with Gasteiger partial charge in [-0.2, -0.15) is 24.9 Å². The molecule has 0 fully saturated rings. The molecule has 0 aliphatic carbocycles. The quantitative estimate of drug-likeness (QED) is 0.236. The second-order valence-electron chi connectivity index (χ2n) is 7.82. The summed E-state index contributed by atoms with van der Waals surface area (Å²) in [6.07, 6.45) is -2.71. The van der Waals surface area contributed by atoms with Crippen LogP contribution in [-0.4, -0.2) is 32.2 Å². The van der Waals surface area contributed by atoms with Crippen molar-refractivity contribution in [2.75, 3.05) is 6.26 Å². The number of phenolic OH excluding ortho intramolecular Hbond substituents is 1. The molecule has 4 aromatic rings. The molecule has 0 aliphatic heterocycles. The fourth-order valence-corrected chi connectivity index (χ4v) is 4.06. The van der Waals surface area contributed by atoms with Crippen molar-refractivity contribution in [3.05, 3.63) is 93.9 Å². The van der Waals surface area contributed by atoms with Crippen molar-refractivity contribution in [1.29, 1.82) is 0 Å². The lowest BCUT2D eigenvalue weighted by molar-refractivity contribution is -0.137. The van der Waals surface area contributed by atoms with Crippen LogP contribution < -0.4 is 5.56 Å². The predicted octanol–water partition coefficient (Wildman–Crippen LogP) is 6.53. The Morgan fingerprint density at radius 1 is 1.05 bits per heavy atom. The number of nitrogens with zero attached hydrogens (tertiary/aromatic N) is 3. The van der Waals surface area contributed by atoms with E-state index in [9.17, 15) is 33.0 Å². The van der Waals surface area contributed by atoms with Gasteiger partial charge in [0.05, 0.1) is 22.5 Å². The summed E-state index contributed by atoms with van der Waals surface area (Å²) < 4.78 is 39.8. The first-order chi connectivity index (χ1) is 17.6. The van der Waals surface area contributed by atoms with Crippen molar-refractivity contribution < 1.29 is 28.2 Å². The summed E-state index contributed by atoms with van der Waals surface area (Å²) in [5.41, 5.74) is -0.106. The van der Waals surface area contributed by atoms with Crippen molar-refractivity contribution in [3.8, 4) is 22.6 Å². The number of hydrogen-bond donors (Lipinski definition) is 3. The molecule has 12 heteroatoms. The Morgan fingerprint density at radius 2 is 1.76 bits per heavy atom. The second kappa shape index (κ2) is 10.3. The summed E-state index contributed by atoms with van der Waals surface area (Å²) in [6.45, 7) is 0. The normalized spacial score (nSPS) is 11.8. The molecule has 3 N–H and O–H groups in total. The third-order valence-corrected chi connectivity index (χ3v) is 5.95. The van der Waals surface area contributed by atoms with Crippen LogP contribution in [-0.2, 0) is 11.9 Å². The van der Waals surface area contributed by atoms with Gasteiger partial charge in [-0.3, -0.25) is 9.89 Å². The Hall–Kier alpha value is -4.32. The predicted molar refractivity (Wildman–Crippen MR) is 133 cm³/mol. The Bertz CT molecular complexity index is 1540. The van der Waals surface area contributed by atoms with Crippen LogP contribution in [0.2, 0.25) is 0 Å². The number of aromatic nitrogens is 2. The number of benzene rings is 3. The number of phenols is 1. The van der Waals surface area contributed by atoms with E-state index in [1.54, 1.807) is 30.5 Å². The molecule has 0 saturated carbocycles. The molecule has 0 spiro atoms. The zero-order valence-electron chi connectivity index (χ0n) is 19.2. The molecular formula is C25H19F3N4O4S. The number of aromatic hydroxyl groups is 1. The molecule has 3 aromatic carbocycles. The highest BCUT2D eigenvalue weighted by atomic mass is 32.2. The highest BCUT2D eigenvalue weighted by Crippen LogP contribution is 2.38. The van der Waals surface area contributed by atoms with Crippen molar-refractivity contribution in [2.24, 2.45) is 10.2 Å². The zero-order chi connectivity index (χ0) is 26.7. The summed E-state index contributed by atoms with van der Waals surface area (Å²) in [5.74, 6) is -1.04. The maximum Gasteiger partial charge on any atom is 0.416 e. The first-order valence-electron chi connectivity index (χ1n) is 10.7. The first kappa shape index (κ1) is 25.8. The maximum absolute atomic E-state index is 13.1. The smallest absolute Gasteiger partial charge is 0.416 e. The molecule has 1 heterocycles. The zero-order valence-corrected chi connectivity index (χ0v) is 20.0. The molecule has 0 atom stereocenters. The summed E-state index contributed by atoms with van der Waals surface area (Å²) in [4.78, 5) is 24.4. The van der Waals surface area contributed by atoms with Crippen LogP contribution in [0, 0.1) is 0 Å². The minimum absolute atomic E-state index is 0.0370. The number of carboxylic acids is 1. The number of H-pyrrole nitrogens is 1. The number of carboxylic acid groups (broad SMARTS) is 1. The van der Waals surface area contributed by atoms with Gasteiger partial charge in [-0.05, 0) is 54.3 Å². The molecule has 0 aliphatic rings. The van der Waals surface area contributed by atoms with Crippen LogP contribution in [0.3, 0.4) is 0 Å². The molecule has 0 unspecified atom stereocenters. The number of halogens is 3. The van der Waals surface area contributed by atoms with Gasteiger partial charge < -0.3 is 10.2 Å². The number of alkyl halides is 3. The van der Waals surface area contributed by atoms with Gasteiger partial charge in [0.1, 0.15) is 5.69 Å². The van der Waals surface area contributed by atoms with E-state index in [4.69, 9.17) is 0 Å². The van der Waals surface area contributed by atoms with Crippen molar-refractivity contribution in [1.82, 2.24) is 9.78 Å². The van der Waals surface area contributed by atoms with Crippen LogP contribution in [0.1, 0.15) is 21.6 Å². The fraction of sp³-hybridized carbons (Fsp3) is 0.120. The van der Waals surface area contributed by atoms with Crippen LogP contribution >= 0.6 is 11.8 Å². The molecular weight excluding hydrogens is 509 g/mol. The number of hydrogen-bond acceptors (Lipinski definition) is 6. The average molecular weight is 529 g/mol. The number of nitrogens with one attached hydrogen (secondary N) is 1. The molecule has 0 amide bonds. The fourth-order valence-electron chi connectivity index (χ4n) is 3.57. The lowest BCUT2D eigenvalue weighted by atomic mass is 10.0. The lowest BCUT2D eigenvalue weighted by Gasteiger charge is -2.07. The van der Waals surface area contributed by atoms with E-state index in [2.05, 4.69) is 15.3 Å². The number of rotatable bonds is 7. The lowest BCUT2D eigenvalue weighted by Crippen LogP contribution is -2.14. The topological polar surface area (TPSA) is 120 Å². The average Bonchev–Trinajstić information content (AvgIpc) is 3.18. The van der Waals surface area contributed by atoms with E-state index < -0.39 is 23.3 Å². The largest absolute Gasteiger partial charge is 0.505 e. The molecule has 190 valence electrons. The highest BCUT2D eigenvalue weighted by Gasteiger charge is 2.30. The minimum atomic E-state index is -4.51. The van der Waals surface area contributed by atoms with Gasteiger partial charge in [-0.15, -0.1) is 10.2 Å². The SMILES string of the molecule is CSCc1[nH]n(-c2ccc(C(F)(F)F)cc2)c(=O)c1N=Nc1cccc(-c2cccc(C(=O)O)c2)c1O. The van der Waals surface area contributed by atoms with Crippen molar-refractivity contribution in [3.63, 3.8) is 0 Å². The van der Waals surface area contributed by atoms with E-state index in [1.807, 2.05) is 0 Å². The Labute approximate surface area is 212 Å². The monoisotopic (exact) mass is 528 g/mol. The summed E-state index contributed by atoms with van der Waals surface area (Å²) >= 11 is 1.39. The van der Waals surface area contributed by atoms with E-state index in [1.165, 1.54) is 42.1 Å². The molecule has 37 heavy (non-hydrogen) atoms. The number of thioether (sulfide) groups is 1. The summed E-state index contributed by atoms with van der Waals surface area (Å²) in [7, 11) is 0. The number of carbonyl (C=O) groups is 1. The highest BCUT2D eigenvalue weighted by molar-refractivity contribution is 7.97. The Kier molecular flexibility index (Phi) is 7.21. The Balaban J connectivity index is 1.72. The number of para-hydroxylation sites is 1. The minimum Gasteiger partial charge on any atom is -0.505 e. The second-order valence-corrected chi connectivity index (χ2v) is 8.68. The molecule has 8 nitrogen and oxygen atoms in total. The van der Waals surface area contributed by atoms with Gasteiger partial charge in [-0.1, -0.05) is 24.3 Å². The van der Waals surface area contributed by atoms with Gasteiger partial charge in [0.2, 0.25) is 0 Å². The van der Waals surface area contributed by atoms with E-state index in [0.29, 0.717) is 22.6 Å². The van der Waals surface area contributed by atoms with Gasteiger partial charge in [0.15, 0.2) is 11.4 Å². The van der Waals surface area contributed by atoms with Crippen LogP contribution in [0.4, 0.5) is 24.5 Å². The van der Waals surface area contributed by atoms with Gasteiger partial charge in [0.25, 0.3) is 5.56 Å². The third-order valence-electron chi connectivity index (χ3n) is 5.37.